The second kappa shape index (κ2) is 14.4. The van der Waals surface area contributed by atoms with Gasteiger partial charge in [0, 0.05) is 24.0 Å². The maximum Gasteiger partial charge on any atom is 0.264 e. The van der Waals surface area contributed by atoms with Crippen LogP contribution in [0.3, 0.4) is 0 Å². The molecule has 0 fully saturated rings. The molecule has 0 radical (unpaired) electrons. The Morgan fingerprint density at radius 3 is 2.05 bits per heavy atom. The van der Waals surface area contributed by atoms with E-state index >= 15 is 0 Å². The molecule has 0 aliphatic heterocycles. The van der Waals surface area contributed by atoms with Gasteiger partial charge in [-0.1, -0.05) is 96.0 Å². The number of sulfonamides is 1. The highest BCUT2D eigenvalue weighted by Crippen LogP contribution is 2.27. The van der Waals surface area contributed by atoms with E-state index in [0.717, 1.165) is 21.0 Å². The van der Waals surface area contributed by atoms with Crippen LogP contribution in [0.1, 0.15) is 30.5 Å². The van der Waals surface area contributed by atoms with Crippen molar-refractivity contribution in [3.63, 3.8) is 0 Å². The Labute approximate surface area is 259 Å². The summed E-state index contributed by atoms with van der Waals surface area (Å²) < 4.78 is 29.0. The number of hydrogen-bond donors (Lipinski definition) is 1. The summed E-state index contributed by atoms with van der Waals surface area (Å²) in [4.78, 5) is 29.6. The number of nitrogens with one attached hydrogen (secondary N) is 1. The maximum atomic E-state index is 14.4. The minimum absolute atomic E-state index is 0.0336. The first-order valence-corrected chi connectivity index (χ1v) is 15.9. The van der Waals surface area contributed by atoms with Gasteiger partial charge in [-0.05, 0) is 62.2 Å². The molecule has 1 unspecified atom stereocenters. The van der Waals surface area contributed by atoms with Crippen LogP contribution in [-0.4, -0.2) is 43.8 Å². The number of halogens is 1. The Balaban J connectivity index is 1.80. The van der Waals surface area contributed by atoms with E-state index in [-0.39, 0.29) is 35.5 Å². The topological polar surface area (TPSA) is 86.8 Å². The van der Waals surface area contributed by atoms with Crippen LogP contribution in [0.25, 0.3) is 0 Å². The van der Waals surface area contributed by atoms with Gasteiger partial charge in [-0.3, -0.25) is 13.9 Å². The third kappa shape index (κ3) is 8.46. The lowest BCUT2D eigenvalue weighted by Gasteiger charge is -2.34. The molecule has 0 spiro atoms. The van der Waals surface area contributed by atoms with Crippen molar-refractivity contribution in [3.8, 4) is 0 Å². The maximum absolute atomic E-state index is 14.4. The molecule has 0 saturated heterocycles. The second-order valence-electron chi connectivity index (χ2n) is 10.7. The second-order valence-corrected chi connectivity index (χ2v) is 13.0. The van der Waals surface area contributed by atoms with Crippen LogP contribution >= 0.6 is 11.6 Å². The van der Waals surface area contributed by atoms with Gasteiger partial charge in [-0.15, -0.1) is 0 Å². The van der Waals surface area contributed by atoms with Crippen LogP contribution < -0.4 is 9.62 Å². The van der Waals surface area contributed by atoms with Gasteiger partial charge in [0.1, 0.15) is 12.6 Å². The summed E-state index contributed by atoms with van der Waals surface area (Å²) in [5.74, 6) is -0.848. The first-order chi connectivity index (χ1) is 20.5. The van der Waals surface area contributed by atoms with E-state index in [1.807, 2.05) is 75.4 Å². The lowest BCUT2D eigenvalue weighted by molar-refractivity contribution is -0.140. The number of hydrogen-bond acceptors (Lipinski definition) is 4. The summed E-state index contributed by atoms with van der Waals surface area (Å²) in [6.07, 6.45) is 0.250. The highest BCUT2D eigenvalue weighted by Gasteiger charge is 2.34. The van der Waals surface area contributed by atoms with E-state index in [1.165, 1.54) is 23.1 Å². The van der Waals surface area contributed by atoms with Gasteiger partial charge in [0.2, 0.25) is 11.8 Å². The quantitative estimate of drug-likeness (QED) is 0.211. The van der Waals surface area contributed by atoms with Crippen molar-refractivity contribution in [1.29, 1.82) is 0 Å². The predicted molar refractivity (Wildman–Crippen MR) is 171 cm³/mol. The van der Waals surface area contributed by atoms with Gasteiger partial charge in [0.25, 0.3) is 10.0 Å². The van der Waals surface area contributed by atoms with Crippen molar-refractivity contribution in [2.75, 3.05) is 10.8 Å². The average Bonchev–Trinajstić information content (AvgIpc) is 2.99. The molecule has 0 saturated carbocycles. The number of rotatable bonds is 12. The summed E-state index contributed by atoms with van der Waals surface area (Å²) in [6.45, 7) is 5.26. The molecular weight excluding hydrogens is 582 g/mol. The van der Waals surface area contributed by atoms with Gasteiger partial charge in [0.05, 0.1) is 10.6 Å². The van der Waals surface area contributed by atoms with Crippen molar-refractivity contribution in [2.24, 2.45) is 0 Å². The minimum atomic E-state index is -4.18. The van der Waals surface area contributed by atoms with Crippen molar-refractivity contribution in [3.05, 3.63) is 131 Å². The summed E-state index contributed by atoms with van der Waals surface area (Å²) in [7, 11) is -4.18. The van der Waals surface area contributed by atoms with Crippen LogP contribution in [0.5, 0.6) is 0 Å². The summed E-state index contributed by atoms with van der Waals surface area (Å²) >= 11 is 6.27. The van der Waals surface area contributed by atoms with Crippen molar-refractivity contribution in [1.82, 2.24) is 10.2 Å². The van der Waals surface area contributed by atoms with Crippen LogP contribution in [-0.2, 0) is 32.6 Å². The van der Waals surface area contributed by atoms with Gasteiger partial charge in [0.15, 0.2) is 0 Å². The number of aryl methyl sites for hydroxylation is 1. The molecule has 9 heteroatoms. The van der Waals surface area contributed by atoms with E-state index in [9.17, 15) is 18.0 Å². The van der Waals surface area contributed by atoms with Gasteiger partial charge in [-0.25, -0.2) is 8.42 Å². The SMILES string of the molecule is Cc1ccc(CN(C(=O)CN(c2cccc(Cl)c2)S(=O)(=O)c2ccccc2)C(Cc2ccccc2)C(=O)NC(C)C)cc1. The van der Waals surface area contributed by atoms with E-state index in [2.05, 4.69) is 5.32 Å². The molecule has 4 aromatic rings. The van der Waals surface area contributed by atoms with E-state index in [1.54, 1.807) is 36.4 Å². The van der Waals surface area contributed by atoms with Crippen molar-refractivity contribution in [2.45, 2.75) is 50.7 Å². The molecular formula is C34H36ClN3O4S. The molecule has 0 aliphatic rings. The Bertz CT molecular complexity index is 1630. The lowest BCUT2D eigenvalue weighted by Crippen LogP contribution is -2.54. The molecule has 0 bridgehead atoms. The first kappa shape index (κ1) is 31.8. The highest BCUT2D eigenvalue weighted by molar-refractivity contribution is 7.92. The molecule has 4 rings (SSSR count). The van der Waals surface area contributed by atoms with Gasteiger partial charge in [-0.2, -0.15) is 0 Å². The van der Waals surface area contributed by atoms with Crippen molar-refractivity contribution < 1.29 is 18.0 Å². The largest absolute Gasteiger partial charge is 0.352 e. The van der Waals surface area contributed by atoms with E-state index in [4.69, 9.17) is 11.6 Å². The third-order valence-electron chi connectivity index (χ3n) is 6.88. The minimum Gasteiger partial charge on any atom is -0.352 e. The number of nitrogens with zero attached hydrogens (tertiary/aromatic N) is 2. The fraction of sp³-hybridized carbons (Fsp3) is 0.235. The molecule has 224 valence electrons. The summed E-state index contributed by atoms with van der Waals surface area (Å²) in [5.41, 5.74) is 2.98. The first-order valence-electron chi connectivity index (χ1n) is 14.1. The lowest BCUT2D eigenvalue weighted by atomic mass is 10.0. The van der Waals surface area contributed by atoms with Crippen LogP contribution in [0.4, 0.5) is 5.69 Å². The smallest absolute Gasteiger partial charge is 0.264 e. The van der Waals surface area contributed by atoms with Crippen LogP contribution in [0.2, 0.25) is 5.02 Å². The Morgan fingerprint density at radius 1 is 0.814 bits per heavy atom. The standard InChI is InChI=1S/C34H36ClN3O4S/c1-25(2)36-34(40)32(21-27-11-6-4-7-12-27)37(23-28-19-17-26(3)18-20-28)33(39)24-38(30-14-10-13-29(35)22-30)43(41,42)31-15-8-5-9-16-31/h4-20,22,25,32H,21,23-24H2,1-3H3,(H,36,40). The van der Waals surface area contributed by atoms with Crippen LogP contribution in [0.15, 0.2) is 114 Å². The normalized spacial score (nSPS) is 12.0. The molecule has 4 aromatic carbocycles. The summed E-state index contributed by atoms with van der Waals surface area (Å²) in [6, 6.07) is 30.4. The monoisotopic (exact) mass is 617 g/mol. The number of amides is 2. The van der Waals surface area contributed by atoms with Crippen molar-refractivity contribution >= 4 is 39.1 Å². The van der Waals surface area contributed by atoms with Crippen LogP contribution in [0, 0.1) is 6.92 Å². The molecule has 0 heterocycles. The zero-order valence-corrected chi connectivity index (χ0v) is 26.1. The predicted octanol–water partition coefficient (Wildman–Crippen LogP) is 6.01. The zero-order chi connectivity index (χ0) is 31.0. The average molecular weight is 618 g/mol. The Kier molecular flexibility index (Phi) is 10.6. The van der Waals surface area contributed by atoms with E-state index < -0.39 is 28.5 Å². The fourth-order valence-corrected chi connectivity index (χ4v) is 6.32. The molecule has 43 heavy (non-hydrogen) atoms. The number of carbonyl (C=O) groups excluding carboxylic acids is 2. The zero-order valence-electron chi connectivity index (χ0n) is 24.5. The Hall–Kier alpha value is -4.14. The fourth-order valence-electron chi connectivity index (χ4n) is 4.70. The highest BCUT2D eigenvalue weighted by atomic mass is 35.5. The molecule has 0 aromatic heterocycles. The Morgan fingerprint density at radius 2 is 1.44 bits per heavy atom. The number of carbonyl (C=O) groups is 2. The number of anilines is 1. The van der Waals surface area contributed by atoms with Gasteiger partial charge < -0.3 is 10.2 Å². The number of benzene rings is 4. The summed E-state index contributed by atoms with van der Waals surface area (Å²) in [5, 5.41) is 3.29. The molecule has 1 N–H and O–H groups in total. The van der Waals surface area contributed by atoms with E-state index in [0.29, 0.717) is 5.02 Å². The molecule has 2 amide bonds. The molecule has 7 nitrogen and oxygen atoms in total. The third-order valence-corrected chi connectivity index (χ3v) is 8.90. The molecule has 0 aliphatic carbocycles. The van der Waals surface area contributed by atoms with Gasteiger partial charge >= 0.3 is 0 Å². The molecule has 1 atom stereocenters.